The van der Waals surface area contributed by atoms with Crippen LogP contribution in [0.2, 0.25) is 0 Å². The smallest absolute Gasteiger partial charge is 0.253 e. The number of hydrogen-bond donors (Lipinski definition) is 2. The molecule has 0 spiro atoms. The number of likely N-dealkylation sites (tertiary alicyclic amines) is 1. The molecule has 7 heteroatoms. The zero-order chi connectivity index (χ0) is 17.3. The van der Waals surface area contributed by atoms with Gasteiger partial charge in [0.25, 0.3) is 5.91 Å². The summed E-state index contributed by atoms with van der Waals surface area (Å²) in [7, 11) is 0. The van der Waals surface area contributed by atoms with E-state index in [1.54, 1.807) is 6.20 Å². The standard InChI is InChI=1S/C17H17FN4O2/c1-10-3-2-4-13-14(7-20-16(10)13)17(24)21-8-15(23)22-9-11(18)5-12(22)6-19/h2-4,7,11-12,20H,5,8-9H2,1H3,(H,21,24). The van der Waals surface area contributed by atoms with Crippen molar-refractivity contribution in [3.8, 4) is 6.07 Å². The summed E-state index contributed by atoms with van der Waals surface area (Å²) in [6.45, 7) is 1.58. The number of nitrogens with one attached hydrogen (secondary N) is 2. The Morgan fingerprint density at radius 3 is 3.04 bits per heavy atom. The average Bonchev–Trinajstić information content (AvgIpc) is 3.16. The zero-order valence-corrected chi connectivity index (χ0v) is 13.2. The molecule has 2 amide bonds. The van der Waals surface area contributed by atoms with Crippen molar-refractivity contribution in [2.24, 2.45) is 0 Å². The second kappa shape index (κ2) is 6.32. The molecule has 1 saturated heterocycles. The number of H-pyrrole nitrogens is 1. The minimum Gasteiger partial charge on any atom is -0.360 e. The van der Waals surface area contributed by atoms with E-state index in [0.29, 0.717) is 5.56 Å². The van der Waals surface area contributed by atoms with Crippen molar-refractivity contribution >= 4 is 22.7 Å². The molecule has 2 N–H and O–H groups in total. The van der Waals surface area contributed by atoms with Crippen molar-refractivity contribution in [1.29, 1.82) is 5.26 Å². The van der Waals surface area contributed by atoms with Gasteiger partial charge >= 0.3 is 0 Å². The molecule has 1 aliphatic rings. The lowest BCUT2D eigenvalue weighted by Gasteiger charge is -2.19. The second-order valence-electron chi connectivity index (χ2n) is 5.91. The molecule has 0 saturated carbocycles. The second-order valence-corrected chi connectivity index (χ2v) is 5.91. The molecule has 124 valence electrons. The van der Waals surface area contributed by atoms with E-state index in [1.807, 2.05) is 31.2 Å². The lowest BCUT2D eigenvalue weighted by Crippen LogP contribution is -2.42. The van der Waals surface area contributed by atoms with E-state index in [-0.39, 0.29) is 25.4 Å². The predicted octanol–water partition coefficient (Wildman–Crippen LogP) is 1.67. The number of para-hydroxylation sites is 1. The van der Waals surface area contributed by atoms with Crippen LogP contribution in [-0.2, 0) is 4.79 Å². The highest BCUT2D eigenvalue weighted by molar-refractivity contribution is 6.08. The summed E-state index contributed by atoms with van der Waals surface area (Å²) >= 11 is 0. The van der Waals surface area contributed by atoms with Gasteiger partial charge in [-0.3, -0.25) is 9.59 Å². The van der Waals surface area contributed by atoms with E-state index in [0.717, 1.165) is 16.5 Å². The van der Waals surface area contributed by atoms with Crippen molar-refractivity contribution in [2.75, 3.05) is 13.1 Å². The predicted molar refractivity (Wildman–Crippen MR) is 86.0 cm³/mol. The molecule has 0 radical (unpaired) electrons. The van der Waals surface area contributed by atoms with E-state index < -0.39 is 18.1 Å². The van der Waals surface area contributed by atoms with E-state index in [4.69, 9.17) is 5.26 Å². The summed E-state index contributed by atoms with van der Waals surface area (Å²) in [5.74, 6) is -0.837. The van der Waals surface area contributed by atoms with Crippen molar-refractivity contribution in [1.82, 2.24) is 15.2 Å². The largest absolute Gasteiger partial charge is 0.360 e. The Kier molecular flexibility index (Phi) is 4.21. The first kappa shape index (κ1) is 16.0. The number of rotatable bonds is 3. The van der Waals surface area contributed by atoms with Gasteiger partial charge < -0.3 is 15.2 Å². The molecule has 0 bridgehead atoms. The Hall–Kier alpha value is -2.88. The number of fused-ring (bicyclic) bond motifs is 1. The maximum absolute atomic E-state index is 13.4. The van der Waals surface area contributed by atoms with E-state index in [2.05, 4.69) is 10.3 Å². The summed E-state index contributed by atoms with van der Waals surface area (Å²) in [5.41, 5.74) is 2.34. The molecule has 2 unspecified atom stereocenters. The van der Waals surface area contributed by atoms with Crippen molar-refractivity contribution in [2.45, 2.75) is 25.6 Å². The van der Waals surface area contributed by atoms with Gasteiger partial charge in [0.1, 0.15) is 12.2 Å². The van der Waals surface area contributed by atoms with Crippen molar-refractivity contribution in [3.05, 3.63) is 35.5 Å². The summed E-state index contributed by atoms with van der Waals surface area (Å²) in [5, 5.41) is 12.3. The highest BCUT2D eigenvalue weighted by Crippen LogP contribution is 2.22. The van der Waals surface area contributed by atoms with Gasteiger partial charge in [-0.15, -0.1) is 0 Å². The van der Waals surface area contributed by atoms with Crippen LogP contribution in [0.3, 0.4) is 0 Å². The molecule has 2 aromatic rings. The molecule has 24 heavy (non-hydrogen) atoms. The molecule has 2 atom stereocenters. The minimum atomic E-state index is -1.19. The molecule has 0 aliphatic carbocycles. The molecule has 1 aliphatic heterocycles. The van der Waals surface area contributed by atoms with Gasteiger partial charge in [0.15, 0.2) is 0 Å². The number of amides is 2. The number of nitrogens with zero attached hydrogens (tertiary/aromatic N) is 2. The monoisotopic (exact) mass is 328 g/mol. The Morgan fingerprint density at radius 1 is 1.50 bits per heavy atom. The number of carbonyl (C=O) groups is 2. The zero-order valence-electron chi connectivity index (χ0n) is 13.2. The van der Waals surface area contributed by atoms with Crippen LogP contribution in [0, 0.1) is 18.3 Å². The van der Waals surface area contributed by atoms with Crippen LogP contribution < -0.4 is 5.32 Å². The molecule has 2 heterocycles. The molecular formula is C17H17FN4O2. The molecule has 1 aromatic carbocycles. The fourth-order valence-electron chi connectivity index (χ4n) is 3.03. The lowest BCUT2D eigenvalue weighted by atomic mass is 10.1. The van der Waals surface area contributed by atoms with Gasteiger partial charge in [-0.05, 0) is 12.5 Å². The summed E-state index contributed by atoms with van der Waals surface area (Å²) < 4.78 is 13.4. The number of nitriles is 1. The van der Waals surface area contributed by atoms with E-state index in [1.165, 1.54) is 4.90 Å². The molecular weight excluding hydrogens is 311 g/mol. The van der Waals surface area contributed by atoms with Crippen LogP contribution in [0.25, 0.3) is 10.9 Å². The Balaban J connectivity index is 1.68. The summed E-state index contributed by atoms with van der Waals surface area (Å²) in [6.07, 6.45) is 0.437. The fourth-order valence-corrected chi connectivity index (χ4v) is 3.03. The van der Waals surface area contributed by atoms with E-state index >= 15 is 0 Å². The lowest BCUT2D eigenvalue weighted by molar-refractivity contribution is -0.130. The highest BCUT2D eigenvalue weighted by atomic mass is 19.1. The maximum atomic E-state index is 13.4. The topological polar surface area (TPSA) is 89.0 Å². The van der Waals surface area contributed by atoms with Crippen LogP contribution in [-0.4, -0.2) is 47.0 Å². The third-order valence-electron chi connectivity index (χ3n) is 4.29. The van der Waals surface area contributed by atoms with Crippen LogP contribution in [0.4, 0.5) is 4.39 Å². The molecule has 1 fully saturated rings. The SMILES string of the molecule is Cc1cccc2c(C(=O)NCC(=O)N3CC(F)CC3C#N)c[nH]c12. The molecule has 1 aromatic heterocycles. The number of aryl methyl sites for hydroxylation is 1. The fraction of sp³-hybridized carbons (Fsp3) is 0.353. The first-order chi connectivity index (χ1) is 11.5. The summed E-state index contributed by atoms with van der Waals surface area (Å²) in [6, 6.07) is 6.78. The maximum Gasteiger partial charge on any atom is 0.253 e. The number of aromatic nitrogens is 1. The number of carbonyl (C=O) groups excluding carboxylic acids is 2. The van der Waals surface area contributed by atoms with Crippen LogP contribution >= 0.6 is 0 Å². The number of aromatic amines is 1. The summed E-state index contributed by atoms with van der Waals surface area (Å²) in [4.78, 5) is 28.7. The number of alkyl halides is 1. The van der Waals surface area contributed by atoms with Crippen LogP contribution in [0.5, 0.6) is 0 Å². The third-order valence-corrected chi connectivity index (χ3v) is 4.29. The normalized spacial score (nSPS) is 20.1. The van der Waals surface area contributed by atoms with Gasteiger partial charge in [0, 0.05) is 23.5 Å². The first-order valence-corrected chi connectivity index (χ1v) is 7.69. The minimum absolute atomic E-state index is 0.0257. The third kappa shape index (κ3) is 2.83. The van der Waals surface area contributed by atoms with Gasteiger partial charge in [0.05, 0.1) is 24.7 Å². The Bertz CT molecular complexity index is 839. The first-order valence-electron chi connectivity index (χ1n) is 7.69. The average molecular weight is 328 g/mol. The van der Waals surface area contributed by atoms with Crippen LogP contribution in [0.15, 0.2) is 24.4 Å². The number of hydrogen-bond acceptors (Lipinski definition) is 3. The quantitative estimate of drug-likeness (QED) is 0.898. The van der Waals surface area contributed by atoms with Gasteiger partial charge in [-0.2, -0.15) is 5.26 Å². The van der Waals surface area contributed by atoms with Crippen molar-refractivity contribution < 1.29 is 14.0 Å². The van der Waals surface area contributed by atoms with Crippen molar-refractivity contribution in [3.63, 3.8) is 0 Å². The Morgan fingerprint density at radius 2 is 2.29 bits per heavy atom. The van der Waals surface area contributed by atoms with Crippen LogP contribution in [0.1, 0.15) is 22.3 Å². The molecule has 6 nitrogen and oxygen atoms in total. The van der Waals surface area contributed by atoms with E-state index in [9.17, 15) is 14.0 Å². The highest BCUT2D eigenvalue weighted by Gasteiger charge is 2.35. The Labute approximate surface area is 138 Å². The number of benzene rings is 1. The molecule has 3 rings (SSSR count). The number of halogens is 1. The van der Waals surface area contributed by atoms with Gasteiger partial charge in [-0.25, -0.2) is 4.39 Å². The van der Waals surface area contributed by atoms with Gasteiger partial charge in [0.2, 0.25) is 5.91 Å². The van der Waals surface area contributed by atoms with Gasteiger partial charge in [-0.1, -0.05) is 18.2 Å².